The van der Waals surface area contributed by atoms with Crippen LogP contribution in [-0.4, -0.2) is 53.5 Å². The summed E-state index contributed by atoms with van der Waals surface area (Å²) in [5.41, 5.74) is 7.38. The van der Waals surface area contributed by atoms with Crippen LogP contribution in [0.4, 0.5) is 0 Å². The molecule has 1 aromatic heterocycles. The molecule has 0 spiro atoms. The van der Waals surface area contributed by atoms with E-state index in [0.717, 1.165) is 0 Å². The van der Waals surface area contributed by atoms with E-state index in [0.29, 0.717) is 0 Å². The van der Waals surface area contributed by atoms with Crippen molar-refractivity contribution in [3.8, 4) is 0 Å². The Morgan fingerprint density at radius 2 is 2.32 bits per heavy atom. The number of hydrogen-bond acceptors (Lipinski definition) is 5. The third-order valence-corrected chi connectivity index (χ3v) is 6.11. The zero-order valence-corrected chi connectivity index (χ0v) is 11.3. The SMILES string of the molecule is [N-]=[N+]=NC1C(n2ccc(=O)[nH]c2=O)[Se][C@H](CO)[C@H]1O. The quantitative estimate of drug-likeness (QED) is 0.270. The van der Waals surface area contributed by atoms with Crippen LogP contribution < -0.4 is 11.2 Å². The normalized spacial score (nSPS) is 30.0. The van der Waals surface area contributed by atoms with Crippen molar-refractivity contribution in [3.05, 3.63) is 43.5 Å². The molecule has 2 rings (SSSR count). The van der Waals surface area contributed by atoms with Crippen LogP contribution in [0.25, 0.3) is 10.4 Å². The second-order valence-electron chi connectivity index (χ2n) is 3.95. The molecule has 10 heteroatoms. The zero-order chi connectivity index (χ0) is 14.0. The van der Waals surface area contributed by atoms with E-state index in [-0.39, 0.29) is 21.6 Å². The number of nitrogens with zero attached hydrogens (tertiary/aromatic N) is 4. The average molecular weight is 332 g/mol. The van der Waals surface area contributed by atoms with Crippen molar-refractivity contribution in [1.29, 1.82) is 0 Å². The molecule has 1 fully saturated rings. The van der Waals surface area contributed by atoms with Crippen LogP contribution in [0, 0.1) is 0 Å². The molecule has 0 bridgehead atoms. The summed E-state index contributed by atoms with van der Waals surface area (Å²) in [4.78, 5) is 26.6. The number of aromatic amines is 1. The Kier molecular flexibility index (Phi) is 4.08. The Bertz CT molecular complexity index is 622. The van der Waals surface area contributed by atoms with Crippen LogP contribution in [0.1, 0.15) is 4.94 Å². The maximum atomic E-state index is 11.7. The van der Waals surface area contributed by atoms with Gasteiger partial charge in [-0.2, -0.15) is 0 Å². The first-order valence-electron chi connectivity index (χ1n) is 5.38. The predicted octanol–water partition coefficient (Wildman–Crippen LogP) is -1.43. The average Bonchev–Trinajstić information content (AvgIpc) is 2.68. The van der Waals surface area contributed by atoms with Gasteiger partial charge in [-0.3, -0.25) is 0 Å². The number of aliphatic hydroxyl groups is 2. The second kappa shape index (κ2) is 5.60. The van der Waals surface area contributed by atoms with Crippen LogP contribution in [0.3, 0.4) is 0 Å². The summed E-state index contributed by atoms with van der Waals surface area (Å²) in [5.74, 6) is 0. The van der Waals surface area contributed by atoms with E-state index in [1.165, 1.54) is 16.8 Å². The van der Waals surface area contributed by atoms with E-state index >= 15 is 0 Å². The van der Waals surface area contributed by atoms with Crippen molar-refractivity contribution in [3.63, 3.8) is 0 Å². The van der Waals surface area contributed by atoms with Gasteiger partial charge in [-0.15, -0.1) is 0 Å². The Labute approximate surface area is 112 Å². The predicted molar refractivity (Wildman–Crippen MR) is 65.9 cm³/mol. The van der Waals surface area contributed by atoms with Gasteiger partial charge in [0, 0.05) is 0 Å². The van der Waals surface area contributed by atoms with Crippen molar-refractivity contribution in [1.82, 2.24) is 9.55 Å². The first kappa shape index (κ1) is 13.9. The van der Waals surface area contributed by atoms with Gasteiger partial charge in [-0.1, -0.05) is 0 Å². The van der Waals surface area contributed by atoms with Crippen molar-refractivity contribution < 1.29 is 10.2 Å². The molecule has 0 aliphatic carbocycles. The molecule has 1 saturated heterocycles. The molecule has 19 heavy (non-hydrogen) atoms. The number of hydrogen-bond donors (Lipinski definition) is 3. The van der Waals surface area contributed by atoms with Crippen LogP contribution >= 0.6 is 0 Å². The molecule has 0 aromatic carbocycles. The second-order valence-corrected chi connectivity index (χ2v) is 6.81. The Morgan fingerprint density at radius 1 is 1.58 bits per heavy atom. The summed E-state index contributed by atoms with van der Waals surface area (Å²) in [5, 5.41) is 22.6. The Hall–Kier alpha value is -1.57. The summed E-state index contributed by atoms with van der Waals surface area (Å²) < 4.78 is 1.24. The molecule has 9 nitrogen and oxygen atoms in total. The van der Waals surface area contributed by atoms with Gasteiger partial charge in [0.25, 0.3) is 0 Å². The summed E-state index contributed by atoms with van der Waals surface area (Å²) in [7, 11) is 0. The fraction of sp³-hybridized carbons (Fsp3) is 0.556. The van der Waals surface area contributed by atoms with Crippen LogP contribution in [0.2, 0.25) is 4.82 Å². The third kappa shape index (κ3) is 2.58. The van der Waals surface area contributed by atoms with Crippen molar-refractivity contribution in [2.24, 2.45) is 5.11 Å². The van der Waals surface area contributed by atoms with Gasteiger partial charge in [0.15, 0.2) is 0 Å². The molecule has 0 radical (unpaired) electrons. The molecule has 1 aliphatic rings. The minimum absolute atomic E-state index is 0.243. The molecule has 1 aromatic rings. The molecule has 3 N–H and O–H groups in total. The molecule has 0 saturated carbocycles. The van der Waals surface area contributed by atoms with E-state index in [1.54, 1.807) is 0 Å². The number of rotatable bonds is 3. The topological polar surface area (TPSA) is 144 Å². The monoisotopic (exact) mass is 333 g/mol. The van der Waals surface area contributed by atoms with E-state index in [4.69, 9.17) is 5.53 Å². The first-order valence-corrected chi connectivity index (χ1v) is 7.36. The van der Waals surface area contributed by atoms with Gasteiger partial charge >= 0.3 is 112 Å². The number of aromatic nitrogens is 2. The fourth-order valence-corrected chi connectivity index (χ4v) is 4.94. The summed E-state index contributed by atoms with van der Waals surface area (Å²) in [6, 6.07) is 0.356. The van der Waals surface area contributed by atoms with Gasteiger partial charge in [-0.05, 0) is 0 Å². The van der Waals surface area contributed by atoms with E-state index in [9.17, 15) is 19.8 Å². The maximum absolute atomic E-state index is 11.7. The molecular formula is C9H11N5O4Se. The van der Waals surface area contributed by atoms with Gasteiger partial charge in [0.2, 0.25) is 0 Å². The first-order chi connectivity index (χ1) is 9.08. The van der Waals surface area contributed by atoms with Gasteiger partial charge in [0.1, 0.15) is 0 Å². The van der Waals surface area contributed by atoms with Crippen molar-refractivity contribution >= 4 is 15.0 Å². The van der Waals surface area contributed by atoms with E-state index in [2.05, 4.69) is 15.0 Å². The van der Waals surface area contributed by atoms with Crippen molar-refractivity contribution in [2.75, 3.05) is 6.61 Å². The molecule has 102 valence electrons. The van der Waals surface area contributed by atoms with Gasteiger partial charge < -0.3 is 0 Å². The molecule has 0 amide bonds. The molecule has 1 aliphatic heterocycles. The van der Waals surface area contributed by atoms with Crippen LogP contribution in [0.15, 0.2) is 27.0 Å². The van der Waals surface area contributed by atoms with Crippen LogP contribution in [-0.2, 0) is 0 Å². The Morgan fingerprint density at radius 3 is 2.89 bits per heavy atom. The number of azide groups is 1. The number of aliphatic hydroxyl groups excluding tert-OH is 2. The van der Waals surface area contributed by atoms with Gasteiger partial charge in [-0.25, -0.2) is 0 Å². The third-order valence-electron chi connectivity index (χ3n) is 2.83. The summed E-state index contributed by atoms with van der Waals surface area (Å²) in [6.07, 6.45) is 0.310. The van der Waals surface area contributed by atoms with E-state index < -0.39 is 33.2 Å². The molecular weight excluding hydrogens is 321 g/mol. The van der Waals surface area contributed by atoms with Crippen molar-refractivity contribution in [2.45, 2.75) is 21.9 Å². The van der Waals surface area contributed by atoms with Gasteiger partial charge in [0.05, 0.1) is 0 Å². The molecule has 2 unspecified atom stereocenters. The standard InChI is InChI=1S/C9H11N5O4Se/c10-13-12-6-7(17)4(3-15)19-8(6)14-2-1-5(16)11-9(14)18/h1-2,4,6-8,15,17H,3H2,(H,11,16,18)/t4-,6?,7-,8?/m1/s1. The van der Waals surface area contributed by atoms with Crippen LogP contribution in [0.5, 0.6) is 0 Å². The summed E-state index contributed by atoms with van der Waals surface area (Å²) >= 11 is -0.338. The molecule has 2 heterocycles. The number of nitrogens with one attached hydrogen (secondary N) is 1. The summed E-state index contributed by atoms with van der Waals surface area (Å²) in [6.45, 7) is -0.243. The number of H-pyrrole nitrogens is 1. The zero-order valence-electron chi connectivity index (χ0n) is 9.58. The Balaban J connectivity index is 2.44. The fourth-order valence-electron chi connectivity index (χ4n) is 1.92. The van der Waals surface area contributed by atoms with E-state index in [1.807, 2.05) is 0 Å². The molecule has 4 atom stereocenters. The minimum atomic E-state index is -0.996.